The minimum Gasteiger partial charge on any atom is -0.385 e. The van der Waals surface area contributed by atoms with Gasteiger partial charge in [0.05, 0.1) is 11.3 Å². The van der Waals surface area contributed by atoms with Gasteiger partial charge >= 0.3 is 0 Å². The Labute approximate surface area is 137 Å². The summed E-state index contributed by atoms with van der Waals surface area (Å²) >= 11 is 0. The van der Waals surface area contributed by atoms with Gasteiger partial charge in [-0.1, -0.05) is 18.2 Å². The summed E-state index contributed by atoms with van der Waals surface area (Å²) in [6, 6.07) is 7.75. The number of carbonyl (C=O) groups is 1. The topological polar surface area (TPSA) is 63.2 Å². The van der Waals surface area contributed by atoms with Crippen LogP contribution in [0.2, 0.25) is 0 Å². The number of amides is 1. The first kappa shape index (κ1) is 17.0. The Balaban J connectivity index is 2.05. The van der Waals surface area contributed by atoms with Crippen molar-refractivity contribution in [2.45, 2.75) is 20.3 Å². The van der Waals surface area contributed by atoms with Crippen LogP contribution < -0.4 is 10.6 Å². The van der Waals surface area contributed by atoms with E-state index in [0.29, 0.717) is 12.2 Å². The molecular weight excluding hydrogens is 290 g/mol. The Morgan fingerprint density at radius 3 is 2.65 bits per heavy atom. The van der Waals surface area contributed by atoms with Crippen molar-refractivity contribution in [3.05, 3.63) is 53.3 Å². The lowest BCUT2D eigenvalue weighted by Gasteiger charge is -2.12. The maximum atomic E-state index is 12.4. The number of aromatic nitrogens is 1. The molecule has 5 nitrogen and oxygen atoms in total. The van der Waals surface area contributed by atoms with E-state index in [1.807, 2.05) is 38.1 Å². The van der Waals surface area contributed by atoms with Crippen molar-refractivity contribution in [1.29, 1.82) is 0 Å². The standard InChI is InChI=1S/C18H23N3O2/c1-13-6-4-7-14(2)17(13)21-18(22)15-10-16(12-19-11-15)20-8-5-9-23-3/h4,6-7,10-12,20H,5,8-9H2,1-3H3,(H,21,22). The van der Waals surface area contributed by atoms with Gasteiger partial charge in [-0.15, -0.1) is 0 Å². The van der Waals surface area contributed by atoms with Gasteiger partial charge in [0.1, 0.15) is 0 Å². The molecular formula is C18H23N3O2. The molecule has 0 spiro atoms. The smallest absolute Gasteiger partial charge is 0.257 e. The molecule has 2 N–H and O–H groups in total. The van der Waals surface area contributed by atoms with Crippen molar-refractivity contribution >= 4 is 17.3 Å². The van der Waals surface area contributed by atoms with Gasteiger partial charge in [0, 0.05) is 38.3 Å². The molecule has 1 heterocycles. The van der Waals surface area contributed by atoms with Crippen LogP contribution >= 0.6 is 0 Å². The molecule has 0 atom stereocenters. The summed E-state index contributed by atoms with van der Waals surface area (Å²) in [5.74, 6) is -0.157. The molecule has 0 unspecified atom stereocenters. The number of rotatable bonds is 7. The first-order chi connectivity index (χ1) is 11.1. The average molecular weight is 313 g/mol. The monoisotopic (exact) mass is 313 g/mol. The highest BCUT2D eigenvalue weighted by Gasteiger charge is 2.10. The molecule has 0 aliphatic carbocycles. The Hall–Kier alpha value is -2.40. The van der Waals surface area contributed by atoms with Crippen molar-refractivity contribution in [2.75, 3.05) is 30.9 Å². The lowest BCUT2D eigenvalue weighted by molar-refractivity contribution is 0.102. The molecule has 1 aromatic carbocycles. The highest BCUT2D eigenvalue weighted by molar-refractivity contribution is 6.05. The number of aryl methyl sites for hydroxylation is 2. The number of benzene rings is 1. The number of hydrogen-bond donors (Lipinski definition) is 2. The van der Waals surface area contributed by atoms with Gasteiger partial charge < -0.3 is 15.4 Å². The number of ether oxygens (including phenoxy) is 1. The molecule has 5 heteroatoms. The largest absolute Gasteiger partial charge is 0.385 e. The Bertz CT molecular complexity index is 651. The summed E-state index contributed by atoms with van der Waals surface area (Å²) in [5.41, 5.74) is 4.30. The van der Waals surface area contributed by atoms with Gasteiger partial charge in [-0.25, -0.2) is 0 Å². The van der Waals surface area contributed by atoms with E-state index in [1.165, 1.54) is 0 Å². The first-order valence-corrected chi connectivity index (χ1v) is 7.67. The molecule has 0 fully saturated rings. The van der Waals surface area contributed by atoms with Crippen molar-refractivity contribution in [3.8, 4) is 0 Å². The van der Waals surface area contributed by atoms with Crippen LogP contribution in [0.25, 0.3) is 0 Å². The van der Waals surface area contributed by atoms with E-state index >= 15 is 0 Å². The number of nitrogens with one attached hydrogen (secondary N) is 2. The Morgan fingerprint density at radius 1 is 1.22 bits per heavy atom. The minimum absolute atomic E-state index is 0.157. The van der Waals surface area contributed by atoms with Crippen molar-refractivity contribution in [1.82, 2.24) is 4.98 Å². The summed E-state index contributed by atoms with van der Waals surface area (Å²) in [6.45, 7) is 5.44. The first-order valence-electron chi connectivity index (χ1n) is 7.67. The van der Waals surface area contributed by atoms with Gasteiger partial charge in [-0.3, -0.25) is 9.78 Å². The van der Waals surface area contributed by atoms with Crippen LogP contribution in [-0.2, 0) is 4.74 Å². The number of pyridine rings is 1. The fourth-order valence-corrected chi connectivity index (χ4v) is 2.31. The fraction of sp³-hybridized carbons (Fsp3) is 0.333. The third-order valence-electron chi connectivity index (χ3n) is 3.57. The van der Waals surface area contributed by atoms with E-state index in [-0.39, 0.29) is 5.91 Å². The number of hydrogen-bond acceptors (Lipinski definition) is 4. The average Bonchev–Trinajstić information content (AvgIpc) is 2.55. The molecule has 23 heavy (non-hydrogen) atoms. The maximum Gasteiger partial charge on any atom is 0.257 e. The number of nitrogens with zero attached hydrogens (tertiary/aromatic N) is 1. The molecule has 0 bridgehead atoms. The lowest BCUT2D eigenvalue weighted by Crippen LogP contribution is -2.14. The summed E-state index contributed by atoms with van der Waals surface area (Å²) in [5, 5.41) is 6.21. The van der Waals surface area contributed by atoms with Gasteiger partial charge in [0.15, 0.2) is 0 Å². The second kappa shape index (κ2) is 8.29. The van der Waals surface area contributed by atoms with Gasteiger partial charge in [0.25, 0.3) is 5.91 Å². The van der Waals surface area contributed by atoms with Crippen LogP contribution in [0.4, 0.5) is 11.4 Å². The summed E-state index contributed by atoms with van der Waals surface area (Å²) < 4.78 is 5.01. The van der Waals surface area contributed by atoms with Gasteiger partial charge in [-0.05, 0) is 37.5 Å². The van der Waals surface area contributed by atoms with Crippen LogP contribution in [0, 0.1) is 13.8 Å². The van der Waals surface area contributed by atoms with Crippen LogP contribution in [0.5, 0.6) is 0 Å². The van der Waals surface area contributed by atoms with E-state index in [9.17, 15) is 4.79 Å². The highest BCUT2D eigenvalue weighted by Crippen LogP contribution is 2.20. The molecule has 0 saturated carbocycles. The predicted molar refractivity (Wildman–Crippen MR) is 93.1 cm³/mol. The molecule has 0 aliphatic heterocycles. The van der Waals surface area contributed by atoms with E-state index in [4.69, 9.17) is 4.74 Å². The van der Waals surface area contributed by atoms with Crippen LogP contribution in [0.3, 0.4) is 0 Å². The fourth-order valence-electron chi connectivity index (χ4n) is 2.31. The van der Waals surface area contributed by atoms with E-state index in [2.05, 4.69) is 15.6 Å². The van der Waals surface area contributed by atoms with E-state index in [1.54, 1.807) is 19.5 Å². The normalized spacial score (nSPS) is 10.4. The molecule has 122 valence electrons. The number of methoxy groups -OCH3 is 1. The third-order valence-corrected chi connectivity index (χ3v) is 3.57. The Morgan fingerprint density at radius 2 is 1.96 bits per heavy atom. The summed E-state index contributed by atoms with van der Waals surface area (Å²) in [6.07, 6.45) is 4.18. The molecule has 2 rings (SSSR count). The van der Waals surface area contributed by atoms with Crippen LogP contribution in [0.1, 0.15) is 27.9 Å². The third kappa shape index (κ3) is 4.79. The SMILES string of the molecule is COCCCNc1cncc(C(=O)Nc2c(C)cccc2C)c1. The number of anilines is 2. The molecule has 1 aromatic heterocycles. The van der Waals surface area contributed by atoms with E-state index in [0.717, 1.165) is 35.5 Å². The van der Waals surface area contributed by atoms with Crippen molar-refractivity contribution in [3.63, 3.8) is 0 Å². The summed E-state index contributed by atoms with van der Waals surface area (Å²) in [4.78, 5) is 16.6. The molecule has 2 aromatic rings. The second-order valence-electron chi connectivity index (χ2n) is 5.46. The van der Waals surface area contributed by atoms with Crippen molar-refractivity contribution in [2.24, 2.45) is 0 Å². The molecule has 1 amide bonds. The molecule has 0 radical (unpaired) electrons. The Kier molecular flexibility index (Phi) is 6.11. The van der Waals surface area contributed by atoms with Gasteiger partial charge in [0.2, 0.25) is 0 Å². The predicted octanol–water partition coefficient (Wildman–Crippen LogP) is 3.40. The zero-order valence-corrected chi connectivity index (χ0v) is 13.8. The maximum absolute atomic E-state index is 12.4. The minimum atomic E-state index is -0.157. The molecule has 0 aliphatic rings. The zero-order valence-electron chi connectivity index (χ0n) is 13.8. The second-order valence-corrected chi connectivity index (χ2v) is 5.46. The van der Waals surface area contributed by atoms with Crippen molar-refractivity contribution < 1.29 is 9.53 Å². The van der Waals surface area contributed by atoms with Crippen LogP contribution in [0.15, 0.2) is 36.7 Å². The zero-order chi connectivity index (χ0) is 16.7. The van der Waals surface area contributed by atoms with Gasteiger partial charge in [-0.2, -0.15) is 0 Å². The number of carbonyl (C=O) groups excluding carboxylic acids is 1. The molecule has 0 saturated heterocycles. The van der Waals surface area contributed by atoms with Crippen LogP contribution in [-0.4, -0.2) is 31.2 Å². The quantitative estimate of drug-likeness (QED) is 0.769. The number of para-hydroxylation sites is 1. The van der Waals surface area contributed by atoms with E-state index < -0.39 is 0 Å². The highest BCUT2D eigenvalue weighted by atomic mass is 16.5. The summed E-state index contributed by atoms with van der Waals surface area (Å²) in [7, 11) is 1.68. The lowest BCUT2D eigenvalue weighted by atomic mass is 10.1.